The van der Waals surface area contributed by atoms with Crippen LogP contribution in [0.3, 0.4) is 0 Å². The van der Waals surface area contributed by atoms with Gasteiger partial charge < -0.3 is 4.90 Å². The Morgan fingerprint density at radius 2 is 1.67 bits per heavy atom. The van der Waals surface area contributed by atoms with Gasteiger partial charge in [0.15, 0.2) is 0 Å². The number of ketones is 1. The molecule has 1 unspecified atom stereocenters. The molecular weight excluding hydrogens is 691 g/mol. The predicted molar refractivity (Wildman–Crippen MR) is 190 cm³/mol. The quantitative estimate of drug-likeness (QED) is 0.213. The summed E-state index contributed by atoms with van der Waals surface area (Å²) in [5.74, 6) is -0.458. The van der Waals surface area contributed by atoms with Gasteiger partial charge in [0, 0.05) is 54.3 Å². The van der Waals surface area contributed by atoms with Gasteiger partial charge in [0.05, 0.1) is 17.2 Å². The molecule has 4 rings (SSSR count). The first-order valence-corrected chi connectivity index (χ1v) is 18.7. The second kappa shape index (κ2) is 14.3. The molecule has 5 atom stereocenters. The minimum absolute atomic E-state index is 0.0191. The Morgan fingerprint density at radius 1 is 1.02 bits per heavy atom. The number of nitrogens with zero attached hydrogens (tertiary/aromatic N) is 1. The van der Waals surface area contributed by atoms with Crippen molar-refractivity contribution in [2.24, 2.45) is 11.3 Å². The van der Waals surface area contributed by atoms with E-state index >= 15 is 4.79 Å². The van der Waals surface area contributed by atoms with E-state index in [-0.39, 0.29) is 47.4 Å². The number of likely N-dealkylation sites (tertiary alicyclic amines) is 1. The van der Waals surface area contributed by atoms with Crippen LogP contribution in [0, 0.1) is 23.0 Å². The van der Waals surface area contributed by atoms with Gasteiger partial charge in [-0.05, 0) is 71.8 Å². The van der Waals surface area contributed by atoms with Crippen LogP contribution in [0.2, 0.25) is 10.0 Å². The molecule has 45 heavy (non-hydrogen) atoms. The Kier molecular flexibility index (Phi) is 11.3. The lowest BCUT2D eigenvalue weighted by atomic mass is 9.66. The van der Waals surface area contributed by atoms with Crippen LogP contribution in [0.15, 0.2) is 71.2 Å². The summed E-state index contributed by atoms with van der Waals surface area (Å²) in [6.45, 7) is 11.5. The Hall–Kier alpha value is -2.19. The fraction of sp³-hybridized carbons (Fsp3) is 0.444. The summed E-state index contributed by atoms with van der Waals surface area (Å²) in [4.78, 5) is 30.7. The van der Waals surface area contributed by atoms with Gasteiger partial charge in [-0.1, -0.05) is 110 Å². The summed E-state index contributed by atoms with van der Waals surface area (Å²) in [5, 5.41) is 0.792. The third kappa shape index (κ3) is 8.04. The second-order valence-corrected chi connectivity index (χ2v) is 17.8. The molecule has 0 radical (unpaired) electrons. The van der Waals surface area contributed by atoms with Gasteiger partial charge in [-0.2, -0.15) is 0 Å². The summed E-state index contributed by atoms with van der Waals surface area (Å²) in [6.07, 6.45) is 0.701. The van der Waals surface area contributed by atoms with E-state index in [4.69, 9.17) is 28.0 Å². The van der Waals surface area contributed by atoms with Gasteiger partial charge in [0.25, 0.3) is 0 Å². The Morgan fingerprint density at radius 3 is 2.27 bits per heavy atom. The molecule has 1 saturated heterocycles. The number of hydrogen-bond acceptors (Lipinski definition) is 4. The molecular formula is C36H43BrCl2N2O3S. The van der Waals surface area contributed by atoms with E-state index in [0.29, 0.717) is 16.5 Å². The Labute approximate surface area is 287 Å². The molecule has 0 bridgehead atoms. The normalized spacial score (nSPS) is 22.5. The Bertz CT molecular complexity index is 1660. The van der Waals surface area contributed by atoms with Crippen LogP contribution in [-0.2, 0) is 25.7 Å². The number of rotatable bonds is 11. The highest BCUT2D eigenvalue weighted by Gasteiger charge is 2.53. The van der Waals surface area contributed by atoms with Crippen molar-refractivity contribution in [2.75, 3.05) is 5.75 Å². The van der Waals surface area contributed by atoms with E-state index < -0.39 is 27.2 Å². The molecule has 3 aromatic carbocycles. The minimum atomic E-state index is -3.03. The van der Waals surface area contributed by atoms with Gasteiger partial charge in [-0.25, -0.2) is 4.21 Å². The van der Waals surface area contributed by atoms with Crippen molar-refractivity contribution in [1.82, 2.24) is 4.90 Å². The second-order valence-electron chi connectivity index (χ2n) is 13.3. The SMILES string of the molecule is Cc1c(Br)cccc1CC(=O)C[C@@]1(C)C[C@H](c2cccc(Cl)c2)[C@@H](c2ccc(Cl)cc2)N([C@H](CS(=N)(=O)C(C)C)C(C)C)C1=O. The van der Waals surface area contributed by atoms with Gasteiger partial charge in [-0.15, -0.1) is 0 Å². The van der Waals surface area contributed by atoms with Crippen LogP contribution in [0.4, 0.5) is 0 Å². The van der Waals surface area contributed by atoms with E-state index in [1.807, 2.05) is 99.3 Å². The van der Waals surface area contributed by atoms with Crippen molar-refractivity contribution in [3.8, 4) is 0 Å². The smallest absolute Gasteiger partial charge is 0.229 e. The van der Waals surface area contributed by atoms with Crippen LogP contribution in [0.5, 0.6) is 0 Å². The van der Waals surface area contributed by atoms with E-state index in [0.717, 1.165) is 26.7 Å². The van der Waals surface area contributed by atoms with Crippen molar-refractivity contribution in [1.29, 1.82) is 4.78 Å². The maximum atomic E-state index is 15.0. The van der Waals surface area contributed by atoms with E-state index in [9.17, 15) is 9.00 Å². The maximum absolute atomic E-state index is 15.0. The van der Waals surface area contributed by atoms with Crippen molar-refractivity contribution in [3.63, 3.8) is 0 Å². The first-order chi connectivity index (χ1) is 21.0. The topological polar surface area (TPSA) is 78.3 Å². The Balaban J connectivity index is 1.88. The first-order valence-electron chi connectivity index (χ1n) is 15.4. The number of nitrogens with one attached hydrogen (secondary N) is 1. The van der Waals surface area contributed by atoms with Gasteiger partial charge in [-0.3, -0.25) is 14.4 Å². The van der Waals surface area contributed by atoms with Gasteiger partial charge in [0.2, 0.25) is 5.91 Å². The van der Waals surface area contributed by atoms with Crippen molar-refractivity contribution in [2.45, 2.75) is 84.1 Å². The highest BCUT2D eigenvalue weighted by atomic mass is 79.9. The maximum Gasteiger partial charge on any atom is 0.229 e. The van der Waals surface area contributed by atoms with Crippen LogP contribution in [0.25, 0.3) is 0 Å². The van der Waals surface area contributed by atoms with Crippen LogP contribution < -0.4 is 0 Å². The monoisotopic (exact) mass is 732 g/mol. The van der Waals surface area contributed by atoms with Crippen molar-refractivity contribution >= 4 is 60.6 Å². The van der Waals surface area contributed by atoms with Gasteiger partial charge >= 0.3 is 0 Å². The molecule has 1 aliphatic heterocycles. The van der Waals surface area contributed by atoms with Crippen LogP contribution >= 0.6 is 39.1 Å². The standard InChI is InChI=1S/C36H43BrCl2N2O3S/c1-22(2)33(21-45(40,44)23(3)4)41-34(25-13-15-28(38)16-14-25)31(27-10-7-11-29(39)17-27)20-36(6,35(41)43)19-30(42)18-26-9-8-12-32(37)24(26)5/h7-17,22-23,31,33-34,40H,18-21H2,1-6H3/t31-,33-,34-,36+,45?/m1/s1. The highest BCUT2D eigenvalue weighted by molar-refractivity contribution is 9.10. The molecule has 3 aromatic rings. The molecule has 0 aromatic heterocycles. The lowest BCUT2D eigenvalue weighted by molar-refractivity contribution is -0.157. The number of piperidine rings is 1. The third-order valence-corrected chi connectivity index (χ3v) is 13.0. The molecule has 1 heterocycles. The number of carbonyl (C=O) groups excluding carboxylic acids is 2. The zero-order valence-electron chi connectivity index (χ0n) is 26.8. The molecule has 242 valence electrons. The zero-order chi connectivity index (χ0) is 33.3. The number of Topliss-reactive ketones (excluding diaryl/α,β-unsaturated/α-hetero) is 1. The van der Waals surface area contributed by atoms with E-state index in [1.54, 1.807) is 13.8 Å². The summed E-state index contributed by atoms with van der Waals surface area (Å²) in [6, 6.07) is 20.1. The number of amides is 1. The molecule has 0 saturated carbocycles. The summed E-state index contributed by atoms with van der Waals surface area (Å²) in [7, 11) is -3.03. The lowest BCUT2D eigenvalue weighted by Gasteiger charge is -2.53. The molecule has 1 aliphatic rings. The minimum Gasteiger partial charge on any atom is -0.330 e. The van der Waals surface area contributed by atoms with Crippen molar-refractivity contribution < 1.29 is 13.8 Å². The fourth-order valence-corrected chi connectivity index (χ4v) is 8.67. The molecule has 9 heteroatoms. The van der Waals surface area contributed by atoms with Crippen molar-refractivity contribution in [3.05, 3.63) is 104 Å². The molecule has 1 fully saturated rings. The van der Waals surface area contributed by atoms with Crippen LogP contribution in [0.1, 0.15) is 81.7 Å². The molecule has 1 amide bonds. The number of benzene rings is 3. The summed E-state index contributed by atoms with van der Waals surface area (Å²) < 4.78 is 23.4. The number of carbonyl (C=O) groups is 2. The number of halogens is 3. The molecule has 1 N–H and O–H groups in total. The molecule has 0 spiro atoms. The van der Waals surface area contributed by atoms with E-state index in [1.165, 1.54) is 0 Å². The first kappa shape index (κ1) is 35.7. The molecule has 5 nitrogen and oxygen atoms in total. The molecule has 0 aliphatic carbocycles. The third-order valence-electron chi connectivity index (χ3n) is 9.25. The van der Waals surface area contributed by atoms with Gasteiger partial charge in [0.1, 0.15) is 5.78 Å². The van der Waals surface area contributed by atoms with Crippen LogP contribution in [-0.4, -0.2) is 37.8 Å². The van der Waals surface area contributed by atoms with E-state index in [2.05, 4.69) is 15.9 Å². The summed E-state index contributed by atoms with van der Waals surface area (Å²) >= 11 is 16.4. The fourth-order valence-electron chi connectivity index (χ4n) is 6.50. The lowest BCUT2D eigenvalue weighted by Crippen LogP contribution is -2.59. The largest absolute Gasteiger partial charge is 0.330 e. The zero-order valence-corrected chi connectivity index (χ0v) is 30.7. The number of hydrogen-bond donors (Lipinski definition) is 1. The highest BCUT2D eigenvalue weighted by Crippen LogP contribution is 2.53. The average Bonchev–Trinajstić information content (AvgIpc) is 2.96. The summed E-state index contributed by atoms with van der Waals surface area (Å²) in [5.41, 5.74) is 2.74. The predicted octanol–water partition coefficient (Wildman–Crippen LogP) is 9.81. The average molecular weight is 735 g/mol.